The molecule has 23 heteroatoms. The monoisotopic (exact) mass is 1080 g/mol. The molecule has 9 N–H and O–H groups in total. The summed E-state index contributed by atoms with van der Waals surface area (Å²) >= 11 is 0. The van der Waals surface area contributed by atoms with Gasteiger partial charge in [0.05, 0.1) is 6.10 Å². The molecule has 1 aliphatic rings. The molecule has 0 bridgehead atoms. The zero-order valence-electron chi connectivity index (χ0n) is 48.5. The van der Waals surface area contributed by atoms with Gasteiger partial charge < -0.3 is 62.3 Å². The molecule has 0 aromatic heterocycles. The van der Waals surface area contributed by atoms with Gasteiger partial charge in [-0.3, -0.25) is 52.7 Å². The zero-order chi connectivity index (χ0) is 58.5. The fourth-order valence-corrected chi connectivity index (χ4v) is 9.08. The molecule has 11 atom stereocenters. The minimum absolute atomic E-state index is 0.0813. The molecule has 0 aromatic carbocycles. The number of nitrogens with one attached hydrogen (secondary N) is 8. The van der Waals surface area contributed by atoms with Crippen molar-refractivity contribution in [3.63, 3.8) is 0 Å². The van der Waals surface area contributed by atoms with Crippen LogP contribution >= 0.6 is 0 Å². The number of aliphatic hydroxyl groups is 1. The van der Waals surface area contributed by atoms with Gasteiger partial charge in [0, 0.05) is 60.0 Å². The third-order valence-electron chi connectivity index (χ3n) is 13.8. The van der Waals surface area contributed by atoms with Gasteiger partial charge in [0.2, 0.25) is 65.0 Å². The summed E-state index contributed by atoms with van der Waals surface area (Å²) < 4.78 is 0. The van der Waals surface area contributed by atoms with Crippen molar-refractivity contribution in [2.45, 2.75) is 196 Å². The van der Waals surface area contributed by atoms with Crippen LogP contribution in [-0.2, 0) is 52.7 Å². The summed E-state index contributed by atoms with van der Waals surface area (Å²) in [4.78, 5) is 155. The second-order valence-corrected chi connectivity index (χ2v) is 22.1. The number of nitrogens with zero attached hydrogens (tertiary/aromatic N) is 3. The van der Waals surface area contributed by atoms with E-state index >= 15 is 0 Å². The minimum atomic E-state index is -1.51. The molecular formula is C53H95N11O12. The van der Waals surface area contributed by atoms with E-state index in [1.165, 1.54) is 49.7 Å². The summed E-state index contributed by atoms with van der Waals surface area (Å²) in [6.45, 7) is 23.7. The van der Waals surface area contributed by atoms with Crippen LogP contribution in [0, 0.1) is 35.5 Å². The van der Waals surface area contributed by atoms with Crippen LogP contribution in [0.4, 0.5) is 0 Å². The van der Waals surface area contributed by atoms with Gasteiger partial charge in [-0.1, -0.05) is 95.9 Å². The predicted octanol–water partition coefficient (Wildman–Crippen LogP) is 0.321. The Morgan fingerprint density at radius 3 is 1.20 bits per heavy atom. The normalized spacial score (nSPS) is 26.8. The van der Waals surface area contributed by atoms with Crippen molar-refractivity contribution in [2.24, 2.45) is 35.5 Å². The van der Waals surface area contributed by atoms with Gasteiger partial charge in [0.15, 0.2) is 0 Å². The van der Waals surface area contributed by atoms with Crippen molar-refractivity contribution in [1.29, 1.82) is 0 Å². The van der Waals surface area contributed by atoms with E-state index in [-0.39, 0.29) is 69.5 Å². The summed E-state index contributed by atoms with van der Waals surface area (Å²) in [5, 5.41) is 32.1. The summed E-state index contributed by atoms with van der Waals surface area (Å²) in [5.41, 5.74) is 0. The number of likely N-dealkylation sites (N-methyl/N-ethyl adjacent to an activating group) is 3. The van der Waals surface area contributed by atoms with Crippen LogP contribution in [0.3, 0.4) is 0 Å². The number of rotatable bonds is 11. The fourth-order valence-electron chi connectivity index (χ4n) is 9.08. The Morgan fingerprint density at radius 2 is 0.816 bits per heavy atom. The van der Waals surface area contributed by atoms with Crippen LogP contribution in [0.2, 0.25) is 0 Å². The third-order valence-corrected chi connectivity index (χ3v) is 13.8. The third kappa shape index (κ3) is 21.3. The number of hydrogen-bond acceptors (Lipinski definition) is 12. The maximum atomic E-state index is 14.2. The van der Waals surface area contributed by atoms with E-state index in [9.17, 15) is 57.8 Å². The largest absolute Gasteiger partial charge is 0.391 e. The van der Waals surface area contributed by atoms with Crippen molar-refractivity contribution in [2.75, 3.05) is 40.8 Å². The molecule has 23 nitrogen and oxygen atoms in total. The first-order chi connectivity index (χ1) is 35.3. The number of carbonyl (C=O) groups is 11. The molecule has 1 rings (SSSR count). The molecule has 0 radical (unpaired) electrons. The Bertz CT molecular complexity index is 2000. The van der Waals surface area contributed by atoms with Crippen molar-refractivity contribution in [3.05, 3.63) is 0 Å². The molecule has 0 aromatic rings. The number of carbonyl (C=O) groups excluding carboxylic acids is 11. The molecular weight excluding hydrogens is 983 g/mol. The fraction of sp³-hybridized carbons (Fsp3) is 0.792. The molecule has 434 valence electrons. The van der Waals surface area contributed by atoms with Gasteiger partial charge in [0.1, 0.15) is 48.3 Å². The Kier molecular flexibility index (Phi) is 29.3. The second-order valence-electron chi connectivity index (χ2n) is 22.1. The van der Waals surface area contributed by atoms with Crippen LogP contribution in [0.15, 0.2) is 0 Å². The Morgan fingerprint density at radius 1 is 0.447 bits per heavy atom. The van der Waals surface area contributed by atoms with Gasteiger partial charge >= 0.3 is 0 Å². The van der Waals surface area contributed by atoms with Crippen molar-refractivity contribution in [3.8, 4) is 0 Å². The van der Waals surface area contributed by atoms with Gasteiger partial charge in [0.25, 0.3) is 0 Å². The summed E-state index contributed by atoms with van der Waals surface area (Å²) in [6.07, 6.45) is -0.924. The molecule has 1 saturated heterocycles. The molecule has 3 unspecified atom stereocenters. The van der Waals surface area contributed by atoms with E-state index in [1.54, 1.807) is 41.5 Å². The maximum absolute atomic E-state index is 14.2. The Labute approximate surface area is 451 Å². The van der Waals surface area contributed by atoms with E-state index in [4.69, 9.17) is 0 Å². The van der Waals surface area contributed by atoms with Gasteiger partial charge in [-0.25, -0.2) is 0 Å². The average Bonchev–Trinajstić information content (AvgIpc) is 3.32. The summed E-state index contributed by atoms with van der Waals surface area (Å²) in [5.74, 6) is -8.75. The van der Waals surface area contributed by atoms with Gasteiger partial charge in [-0.2, -0.15) is 0 Å². The maximum Gasteiger partial charge on any atom is 0.245 e. The van der Waals surface area contributed by atoms with Crippen LogP contribution in [0.5, 0.6) is 0 Å². The number of amides is 11. The Balaban J connectivity index is 3.74. The lowest BCUT2D eigenvalue weighted by Crippen LogP contribution is -2.61. The second kappa shape index (κ2) is 32.7. The van der Waals surface area contributed by atoms with Crippen molar-refractivity contribution in [1.82, 2.24) is 57.2 Å². The molecule has 11 amide bonds. The zero-order valence-corrected chi connectivity index (χ0v) is 48.5. The first kappa shape index (κ1) is 68.1. The Hall–Kier alpha value is -5.87. The highest BCUT2D eigenvalue weighted by atomic mass is 16.3. The molecule has 0 aliphatic carbocycles. The minimum Gasteiger partial charge on any atom is -0.391 e. The molecule has 0 spiro atoms. The van der Waals surface area contributed by atoms with Crippen LogP contribution < -0.4 is 42.5 Å². The van der Waals surface area contributed by atoms with Crippen LogP contribution in [0.25, 0.3) is 0 Å². The highest BCUT2D eigenvalue weighted by molar-refractivity contribution is 5.97. The van der Waals surface area contributed by atoms with Gasteiger partial charge in [-0.05, 0) is 62.2 Å². The lowest BCUT2D eigenvalue weighted by Gasteiger charge is -2.35. The highest BCUT2D eigenvalue weighted by Gasteiger charge is 2.40. The summed E-state index contributed by atoms with van der Waals surface area (Å²) in [6, 6.07) is -9.13. The molecule has 76 heavy (non-hydrogen) atoms. The number of hydrogen-bond donors (Lipinski definition) is 9. The van der Waals surface area contributed by atoms with Gasteiger partial charge in [-0.15, -0.1) is 0 Å². The van der Waals surface area contributed by atoms with Crippen LogP contribution in [0.1, 0.15) is 142 Å². The van der Waals surface area contributed by atoms with E-state index in [2.05, 4.69) is 42.5 Å². The predicted molar refractivity (Wildman–Crippen MR) is 287 cm³/mol. The first-order valence-corrected chi connectivity index (χ1v) is 27.1. The lowest BCUT2D eigenvalue weighted by atomic mass is 9.94. The average molecular weight is 1080 g/mol. The molecule has 0 saturated carbocycles. The molecule has 1 aliphatic heterocycles. The summed E-state index contributed by atoms with van der Waals surface area (Å²) in [7, 11) is 4.30. The quantitative estimate of drug-likeness (QED) is 0.135. The van der Waals surface area contributed by atoms with Crippen molar-refractivity contribution < 1.29 is 57.8 Å². The van der Waals surface area contributed by atoms with E-state index in [1.807, 2.05) is 41.5 Å². The van der Waals surface area contributed by atoms with Crippen LogP contribution in [-0.4, -0.2) is 180 Å². The highest BCUT2D eigenvalue weighted by Crippen LogP contribution is 2.20. The SMILES string of the molecule is CC[C@@H](C)[C@H]1C(=O)NCCC(=O)N[C@@H](C(C)C)C(=O)N(C)[C@@H](C(C)C)C(=O)NC(C)C(=O)NCCC(=O)NC(CC(C)C)C(=O)N(C)[C@H]([C@H](C)CC)C(=O)N[C@@H](C(C)O)C(=O)NCCC(=O)N[C@@H](CC(C)C)C(=O)N1C. The molecule has 1 fully saturated rings. The van der Waals surface area contributed by atoms with E-state index in [0.717, 1.165) is 0 Å². The first-order valence-electron chi connectivity index (χ1n) is 27.1. The standard InChI is InChI=1S/C53H95N11O12/c1-18-32(11)44-48(71)56-25-22-40(68)60-41(30(7)8)53(76)62(15)43(31(9)10)49(72)57-34(13)46(69)54-23-20-38(66)59-37(27-29(5)6)52(75)64(17)45(33(12)19-2)50(73)61-42(35(14)65)47(70)55-24-21-39(67)58-36(26-28(3)4)51(74)63(44)16/h28-37,41-45,65H,18-27H2,1-17H3,(H,54,69)(H,55,70)(H,56,71)(H,57,72)(H,58,67)(H,59,66)(H,60,68)(H,61,73)/t32-,33-,34?,35?,36+,37?,41+,42+,43+,44+,45-/m1/s1. The topological polar surface area (TPSA) is 314 Å². The smallest absolute Gasteiger partial charge is 0.245 e. The lowest BCUT2D eigenvalue weighted by molar-refractivity contribution is -0.145. The molecule has 1 heterocycles. The van der Waals surface area contributed by atoms with E-state index < -0.39 is 137 Å². The number of aliphatic hydroxyl groups excluding tert-OH is 1. The van der Waals surface area contributed by atoms with Crippen molar-refractivity contribution >= 4 is 65.0 Å². The van der Waals surface area contributed by atoms with E-state index in [0.29, 0.717) is 12.8 Å².